The number of nitrogens with one attached hydrogen (secondary N) is 2. The summed E-state index contributed by atoms with van der Waals surface area (Å²) in [6, 6.07) is 19.2. The lowest BCUT2D eigenvalue weighted by Crippen LogP contribution is -2.49. The predicted molar refractivity (Wildman–Crippen MR) is 129 cm³/mol. The molecule has 1 fully saturated rings. The molecule has 1 unspecified atom stereocenters. The molecule has 168 valence electrons. The van der Waals surface area contributed by atoms with Crippen LogP contribution in [0.4, 0.5) is 10.5 Å². The maximum absolute atomic E-state index is 12.4. The van der Waals surface area contributed by atoms with E-state index in [0.717, 1.165) is 39.0 Å². The number of nitrogens with zero attached hydrogens (tertiary/aromatic N) is 3. The molecule has 0 aromatic heterocycles. The third-order valence-corrected chi connectivity index (χ3v) is 6.00. The molecule has 2 amide bonds. The molecule has 0 bridgehead atoms. The van der Waals surface area contributed by atoms with Crippen molar-refractivity contribution in [3.63, 3.8) is 0 Å². The molecule has 2 aromatic carbocycles. The normalized spacial score (nSPS) is 16.0. The van der Waals surface area contributed by atoms with Gasteiger partial charge in [0, 0.05) is 59.1 Å². The van der Waals surface area contributed by atoms with Crippen LogP contribution in [0, 0.1) is 0 Å². The van der Waals surface area contributed by atoms with Crippen molar-refractivity contribution < 1.29 is 4.79 Å². The molecule has 1 aliphatic heterocycles. The van der Waals surface area contributed by atoms with Crippen molar-refractivity contribution in [2.45, 2.75) is 18.9 Å². The third-order valence-electron chi connectivity index (χ3n) is 6.00. The highest BCUT2D eigenvalue weighted by molar-refractivity contribution is 5.73. The zero-order valence-electron chi connectivity index (χ0n) is 19.2. The Morgan fingerprint density at radius 3 is 2.29 bits per heavy atom. The highest BCUT2D eigenvalue weighted by atomic mass is 16.2. The fourth-order valence-corrected chi connectivity index (χ4v) is 3.98. The van der Waals surface area contributed by atoms with E-state index < -0.39 is 0 Å². The standard InChI is InChI=1S/C25H37N5O/c1-28(2)23-13-11-22(12-14-23)24(30-18-16-29(3)17-19-30)20-27-25(31)26-15-7-10-21-8-5-4-6-9-21/h4-6,8-9,11-14,24H,7,10,15-20H2,1-3H3,(H2,26,27,31). The fourth-order valence-electron chi connectivity index (χ4n) is 3.98. The zero-order chi connectivity index (χ0) is 22.1. The van der Waals surface area contributed by atoms with E-state index in [1.165, 1.54) is 16.8 Å². The number of likely N-dealkylation sites (N-methyl/N-ethyl adjacent to an activating group) is 1. The Hall–Kier alpha value is -2.57. The molecule has 1 heterocycles. The summed E-state index contributed by atoms with van der Waals surface area (Å²) in [5, 5.41) is 6.12. The van der Waals surface area contributed by atoms with E-state index in [-0.39, 0.29) is 12.1 Å². The Bertz CT molecular complexity index is 785. The van der Waals surface area contributed by atoms with Gasteiger partial charge in [-0.2, -0.15) is 0 Å². The van der Waals surface area contributed by atoms with Gasteiger partial charge < -0.3 is 20.4 Å². The number of rotatable bonds is 9. The van der Waals surface area contributed by atoms with Gasteiger partial charge in [-0.15, -0.1) is 0 Å². The molecule has 2 aromatic rings. The van der Waals surface area contributed by atoms with Crippen molar-refractivity contribution in [3.05, 3.63) is 65.7 Å². The van der Waals surface area contributed by atoms with E-state index in [1.54, 1.807) is 0 Å². The minimum absolute atomic E-state index is 0.0860. The Balaban J connectivity index is 1.52. The third kappa shape index (κ3) is 7.26. The second kappa shape index (κ2) is 11.7. The molecule has 0 aliphatic carbocycles. The number of urea groups is 1. The summed E-state index contributed by atoms with van der Waals surface area (Å²) >= 11 is 0. The van der Waals surface area contributed by atoms with E-state index in [4.69, 9.17) is 0 Å². The number of carbonyl (C=O) groups excluding carboxylic acids is 1. The average Bonchev–Trinajstić information content (AvgIpc) is 2.79. The second-order valence-corrected chi connectivity index (χ2v) is 8.57. The summed E-state index contributed by atoms with van der Waals surface area (Å²) in [5.74, 6) is 0. The number of piperazine rings is 1. The first-order valence-corrected chi connectivity index (χ1v) is 11.3. The number of benzene rings is 2. The van der Waals surface area contributed by atoms with E-state index in [1.807, 2.05) is 6.07 Å². The lowest BCUT2D eigenvalue weighted by molar-refractivity contribution is 0.111. The molecule has 6 heteroatoms. The SMILES string of the molecule is CN1CCN(C(CNC(=O)NCCCc2ccccc2)c2ccc(N(C)C)cc2)CC1. The zero-order valence-corrected chi connectivity index (χ0v) is 19.2. The van der Waals surface area contributed by atoms with Crippen LogP contribution in [-0.4, -0.2) is 76.2 Å². The lowest BCUT2D eigenvalue weighted by Gasteiger charge is -2.38. The van der Waals surface area contributed by atoms with Gasteiger partial charge in [0.25, 0.3) is 0 Å². The summed E-state index contributed by atoms with van der Waals surface area (Å²) in [4.78, 5) is 19.4. The molecule has 0 spiro atoms. The Morgan fingerprint density at radius 1 is 0.968 bits per heavy atom. The van der Waals surface area contributed by atoms with Crippen LogP contribution in [0.3, 0.4) is 0 Å². The molecular formula is C25H37N5O. The smallest absolute Gasteiger partial charge is 0.314 e. The number of carbonyl (C=O) groups is 1. The van der Waals surface area contributed by atoms with E-state index in [0.29, 0.717) is 13.1 Å². The van der Waals surface area contributed by atoms with Crippen LogP contribution in [0.2, 0.25) is 0 Å². The van der Waals surface area contributed by atoms with Gasteiger partial charge in [-0.05, 0) is 43.1 Å². The Morgan fingerprint density at radius 2 is 1.65 bits per heavy atom. The molecule has 6 nitrogen and oxygen atoms in total. The van der Waals surface area contributed by atoms with Gasteiger partial charge in [-0.25, -0.2) is 4.79 Å². The first kappa shape index (κ1) is 23.1. The number of aryl methyl sites for hydroxylation is 1. The molecule has 1 aliphatic rings. The first-order chi connectivity index (χ1) is 15.0. The monoisotopic (exact) mass is 423 g/mol. The number of amides is 2. The minimum Gasteiger partial charge on any atom is -0.378 e. The summed E-state index contributed by atoms with van der Waals surface area (Å²) in [7, 11) is 6.27. The summed E-state index contributed by atoms with van der Waals surface area (Å²) in [5.41, 5.74) is 3.74. The summed E-state index contributed by atoms with van der Waals surface area (Å²) in [6.45, 7) is 5.41. The summed E-state index contributed by atoms with van der Waals surface area (Å²) < 4.78 is 0. The van der Waals surface area contributed by atoms with E-state index in [9.17, 15) is 4.79 Å². The van der Waals surface area contributed by atoms with Crippen molar-refractivity contribution >= 4 is 11.7 Å². The molecule has 2 N–H and O–H groups in total. The molecule has 0 radical (unpaired) electrons. The molecule has 3 rings (SSSR count). The van der Waals surface area contributed by atoms with Gasteiger partial charge in [0.15, 0.2) is 0 Å². The van der Waals surface area contributed by atoms with Crippen molar-refractivity contribution in [1.82, 2.24) is 20.4 Å². The van der Waals surface area contributed by atoms with Crippen LogP contribution < -0.4 is 15.5 Å². The molecule has 1 atom stereocenters. The molecular weight excluding hydrogens is 386 g/mol. The van der Waals surface area contributed by atoms with Crippen LogP contribution in [0.5, 0.6) is 0 Å². The number of hydrogen-bond acceptors (Lipinski definition) is 4. The molecule has 0 saturated carbocycles. The van der Waals surface area contributed by atoms with Crippen LogP contribution in [0.15, 0.2) is 54.6 Å². The van der Waals surface area contributed by atoms with Gasteiger partial charge in [0.1, 0.15) is 0 Å². The minimum atomic E-state index is -0.0860. The fraction of sp³-hybridized carbons (Fsp3) is 0.480. The van der Waals surface area contributed by atoms with E-state index in [2.05, 4.69) is 95.0 Å². The van der Waals surface area contributed by atoms with Crippen molar-refractivity contribution in [2.24, 2.45) is 0 Å². The second-order valence-electron chi connectivity index (χ2n) is 8.57. The largest absolute Gasteiger partial charge is 0.378 e. The van der Waals surface area contributed by atoms with E-state index >= 15 is 0 Å². The number of anilines is 1. The van der Waals surface area contributed by atoms with Gasteiger partial charge in [0.05, 0.1) is 6.04 Å². The van der Waals surface area contributed by atoms with Crippen LogP contribution >= 0.6 is 0 Å². The van der Waals surface area contributed by atoms with Crippen molar-refractivity contribution in [1.29, 1.82) is 0 Å². The quantitative estimate of drug-likeness (QED) is 0.609. The van der Waals surface area contributed by atoms with Crippen LogP contribution in [0.25, 0.3) is 0 Å². The van der Waals surface area contributed by atoms with Gasteiger partial charge in [-0.3, -0.25) is 4.90 Å². The maximum atomic E-state index is 12.4. The van der Waals surface area contributed by atoms with Crippen molar-refractivity contribution in [2.75, 3.05) is 65.3 Å². The van der Waals surface area contributed by atoms with Crippen LogP contribution in [-0.2, 0) is 6.42 Å². The maximum Gasteiger partial charge on any atom is 0.314 e. The van der Waals surface area contributed by atoms with Crippen LogP contribution in [0.1, 0.15) is 23.6 Å². The average molecular weight is 424 g/mol. The van der Waals surface area contributed by atoms with Gasteiger partial charge in [0.2, 0.25) is 0 Å². The molecule has 1 saturated heterocycles. The Kier molecular flexibility index (Phi) is 8.74. The lowest BCUT2D eigenvalue weighted by atomic mass is 10.0. The van der Waals surface area contributed by atoms with Gasteiger partial charge >= 0.3 is 6.03 Å². The number of hydrogen-bond donors (Lipinski definition) is 2. The van der Waals surface area contributed by atoms with Crippen molar-refractivity contribution in [3.8, 4) is 0 Å². The van der Waals surface area contributed by atoms with Gasteiger partial charge in [-0.1, -0.05) is 42.5 Å². The summed E-state index contributed by atoms with van der Waals surface area (Å²) in [6.07, 6.45) is 1.91. The molecule has 31 heavy (non-hydrogen) atoms. The Labute approximate surface area is 187 Å². The highest BCUT2D eigenvalue weighted by Crippen LogP contribution is 2.24. The first-order valence-electron chi connectivity index (χ1n) is 11.3. The topological polar surface area (TPSA) is 50.9 Å². The highest BCUT2D eigenvalue weighted by Gasteiger charge is 2.24. The predicted octanol–water partition coefficient (Wildman–Crippen LogP) is 2.97.